The number of aromatic nitrogens is 4. The van der Waals surface area contributed by atoms with Crippen LogP contribution < -0.4 is 10.6 Å². The number of aryl methyl sites for hydroxylation is 1. The molecule has 0 saturated heterocycles. The van der Waals surface area contributed by atoms with Crippen molar-refractivity contribution in [3.63, 3.8) is 0 Å². The van der Waals surface area contributed by atoms with Crippen LogP contribution in [0, 0.1) is 23.2 Å². The van der Waals surface area contributed by atoms with Crippen molar-refractivity contribution in [3.05, 3.63) is 59.8 Å². The third-order valence-corrected chi connectivity index (χ3v) is 9.57. The molecule has 0 aliphatic heterocycles. The number of nitrogens with zero attached hydrogens (tertiary/aromatic N) is 3. The summed E-state index contributed by atoms with van der Waals surface area (Å²) in [5.74, 6) is 3.60. The molecule has 0 unspecified atom stereocenters. The van der Waals surface area contributed by atoms with Crippen molar-refractivity contribution < 1.29 is 9.59 Å². The summed E-state index contributed by atoms with van der Waals surface area (Å²) >= 11 is 0. The van der Waals surface area contributed by atoms with E-state index in [1.54, 1.807) is 10.7 Å². The average molecular weight is 551 g/mol. The van der Waals surface area contributed by atoms with Crippen molar-refractivity contribution in [1.82, 2.24) is 19.7 Å². The number of carbonyl (C=O) groups excluding carboxylic acids is 2. The minimum Gasteiger partial charge on any atom is -0.338 e. The molecule has 0 radical (unpaired) electrons. The molecule has 4 aromatic rings. The lowest BCUT2D eigenvalue weighted by Gasteiger charge is -2.55. The van der Waals surface area contributed by atoms with E-state index in [2.05, 4.69) is 41.5 Å². The summed E-state index contributed by atoms with van der Waals surface area (Å²) < 4.78 is 1.69. The molecule has 212 valence electrons. The van der Waals surface area contributed by atoms with E-state index < -0.39 is 0 Å². The number of H-pyrrole nitrogens is 1. The molecule has 4 bridgehead atoms. The standard InChI is InChI=1S/C33H38N6O2/c1-32(2,3)27-15-28(39(4)38-27)37-30(40)23-7-10-25-26(14-23)36-29(35-25)22-5-8-24(9-6-22)34-31(41)33-16-19-11-20(17-33)13-21(12-19)18-33/h5-10,14-15,19-21H,11-13,16-18H2,1-4H3,(H,34,41)(H,35,36)(H,37,40). The van der Waals surface area contributed by atoms with Crippen molar-refractivity contribution in [3.8, 4) is 11.4 Å². The summed E-state index contributed by atoms with van der Waals surface area (Å²) in [6.07, 6.45) is 7.15. The Balaban J connectivity index is 1.05. The number of amides is 2. The second-order valence-electron chi connectivity index (χ2n) is 13.8. The quantitative estimate of drug-likeness (QED) is 0.258. The predicted molar refractivity (Wildman–Crippen MR) is 161 cm³/mol. The van der Waals surface area contributed by atoms with Crippen LogP contribution in [0.15, 0.2) is 48.5 Å². The monoisotopic (exact) mass is 550 g/mol. The number of aromatic amines is 1. The first-order valence-electron chi connectivity index (χ1n) is 14.8. The summed E-state index contributed by atoms with van der Waals surface area (Å²) in [6.45, 7) is 6.28. The highest BCUT2D eigenvalue weighted by Crippen LogP contribution is 2.60. The lowest BCUT2D eigenvalue weighted by atomic mass is 9.49. The number of hydrogen-bond acceptors (Lipinski definition) is 4. The van der Waals surface area contributed by atoms with E-state index in [1.807, 2.05) is 49.5 Å². The van der Waals surface area contributed by atoms with Gasteiger partial charge in [0, 0.05) is 35.3 Å². The van der Waals surface area contributed by atoms with Gasteiger partial charge in [-0.2, -0.15) is 5.10 Å². The van der Waals surface area contributed by atoms with Crippen LogP contribution in [0.2, 0.25) is 0 Å². The Kier molecular flexibility index (Phi) is 5.89. The Morgan fingerprint density at radius 1 is 0.927 bits per heavy atom. The molecule has 3 N–H and O–H groups in total. The van der Waals surface area contributed by atoms with Crippen LogP contribution >= 0.6 is 0 Å². The number of hydrogen-bond donors (Lipinski definition) is 3. The van der Waals surface area contributed by atoms with Crippen molar-refractivity contribution >= 4 is 34.4 Å². The van der Waals surface area contributed by atoms with Crippen LogP contribution in [-0.2, 0) is 17.3 Å². The van der Waals surface area contributed by atoms with E-state index in [9.17, 15) is 9.59 Å². The first-order valence-corrected chi connectivity index (χ1v) is 14.8. The highest BCUT2D eigenvalue weighted by Gasteiger charge is 2.54. The molecule has 2 aromatic heterocycles. The Morgan fingerprint density at radius 3 is 2.20 bits per heavy atom. The number of imidazole rings is 1. The van der Waals surface area contributed by atoms with Gasteiger partial charge in [0.2, 0.25) is 5.91 Å². The number of anilines is 2. The van der Waals surface area contributed by atoms with Gasteiger partial charge >= 0.3 is 0 Å². The van der Waals surface area contributed by atoms with Crippen LogP contribution in [0.1, 0.15) is 75.3 Å². The van der Waals surface area contributed by atoms with Crippen molar-refractivity contribution in [2.24, 2.45) is 30.2 Å². The van der Waals surface area contributed by atoms with E-state index >= 15 is 0 Å². The summed E-state index contributed by atoms with van der Waals surface area (Å²) in [5.41, 5.74) is 4.50. The summed E-state index contributed by atoms with van der Waals surface area (Å²) in [5, 5.41) is 10.8. The molecular formula is C33H38N6O2. The van der Waals surface area contributed by atoms with Gasteiger partial charge in [-0.05, 0) is 98.7 Å². The molecule has 8 rings (SSSR count). The number of fused-ring (bicyclic) bond motifs is 1. The van der Waals surface area contributed by atoms with E-state index in [0.717, 1.165) is 70.8 Å². The van der Waals surface area contributed by atoms with Gasteiger partial charge < -0.3 is 15.6 Å². The van der Waals surface area contributed by atoms with Crippen LogP contribution in [0.3, 0.4) is 0 Å². The van der Waals surface area contributed by atoms with Gasteiger partial charge in [0.15, 0.2) is 0 Å². The second kappa shape index (κ2) is 9.29. The molecule has 2 amide bonds. The fourth-order valence-electron chi connectivity index (χ4n) is 7.79. The predicted octanol–water partition coefficient (Wildman–Crippen LogP) is 6.67. The van der Waals surface area contributed by atoms with Crippen LogP contribution in [0.5, 0.6) is 0 Å². The SMILES string of the molecule is Cn1nc(C(C)(C)C)cc1NC(=O)c1ccc2nc(-c3ccc(NC(=O)C45CC6CC(CC(C6)C4)C5)cc3)[nH]c2c1. The first-order chi connectivity index (χ1) is 19.5. The molecule has 4 saturated carbocycles. The molecule has 8 nitrogen and oxygen atoms in total. The van der Waals surface area contributed by atoms with Gasteiger partial charge in [0.1, 0.15) is 11.6 Å². The molecular weight excluding hydrogens is 512 g/mol. The second-order valence-corrected chi connectivity index (χ2v) is 13.8. The summed E-state index contributed by atoms with van der Waals surface area (Å²) in [6, 6.07) is 15.3. The molecule has 2 heterocycles. The maximum atomic E-state index is 13.4. The van der Waals surface area contributed by atoms with Gasteiger partial charge in [-0.15, -0.1) is 0 Å². The lowest BCUT2D eigenvalue weighted by molar-refractivity contribution is -0.140. The fourth-order valence-corrected chi connectivity index (χ4v) is 7.79. The van der Waals surface area contributed by atoms with Crippen molar-refractivity contribution in [1.29, 1.82) is 0 Å². The summed E-state index contributed by atoms with van der Waals surface area (Å²) in [7, 11) is 1.83. The maximum Gasteiger partial charge on any atom is 0.256 e. The minimum atomic E-state index is -0.203. The van der Waals surface area contributed by atoms with Crippen molar-refractivity contribution in [2.45, 2.75) is 64.7 Å². The van der Waals surface area contributed by atoms with E-state index in [0.29, 0.717) is 11.4 Å². The number of benzene rings is 2. The highest BCUT2D eigenvalue weighted by atomic mass is 16.2. The van der Waals surface area contributed by atoms with Gasteiger partial charge in [0.25, 0.3) is 5.91 Å². The van der Waals surface area contributed by atoms with Crippen LogP contribution in [-0.4, -0.2) is 31.6 Å². The third-order valence-electron chi connectivity index (χ3n) is 9.57. The number of carbonyl (C=O) groups is 2. The van der Waals surface area contributed by atoms with Gasteiger partial charge in [-0.3, -0.25) is 14.3 Å². The zero-order valence-corrected chi connectivity index (χ0v) is 24.3. The molecule has 4 aliphatic rings. The Labute approximate surface area is 240 Å². The average Bonchev–Trinajstić information content (AvgIpc) is 3.51. The van der Waals surface area contributed by atoms with Gasteiger partial charge in [-0.25, -0.2) is 4.98 Å². The summed E-state index contributed by atoms with van der Waals surface area (Å²) in [4.78, 5) is 34.6. The maximum absolute atomic E-state index is 13.4. The molecule has 0 spiro atoms. The zero-order valence-electron chi connectivity index (χ0n) is 24.3. The van der Waals surface area contributed by atoms with E-state index in [4.69, 9.17) is 4.98 Å². The first kappa shape index (κ1) is 26.0. The van der Waals surface area contributed by atoms with Gasteiger partial charge in [-0.1, -0.05) is 20.8 Å². The van der Waals surface area contributed by atoms with Crippen LogP contribution in [0.4, 0.5) is 11.5 Å². The zero-order chi connectivity index (χ0) is 28.5. The number of nitrogens with one attached hydrogen (secondary N) is 3. The molecule has 2 aromatic carbocycles. The molecule has 0 atom stereocenters. The fraction of sp³-hybridized carbons (Fsp3) is 0.455. The largest absolute Gasteiger partial charge is 0.338 e. The van der Waals surface area contributed by atoms with E-state index in [-0.39, 0.29) is 22.6 Å². The van der Waals surface area contributed by atoms with Crippen LogP contribution in [0.25, 0.3) is 22.4 Å². The normalized spacial score (nSPS) is 25.0. The highest BCUT2D eigenvalue weighted by molar-refractivity contribution is 6.05. The Hall–Kier alpha value is -3.94. The molecule has 4 aliphatic carbocycles. The minimum absolute atomic E-state index is 0.107. The molecule has 8 heteroatoms. The van der Waals surface area contributed by atoms with Gasteiger partial charge in [0.05, 0.1) is 22.1 Å². The lowest BCUT2D eigenvalue weighted by Crippen LogP contribution is -2.51. The Morgan fingerprint density at radius 2 is 1.59 bits per heavy atom. The Bertz CT molecular complexity index is 1620. The third kappa shape index (κ3) is 4.73. The smallest absolute Gasteiger partial charge is 0.256 e. The molecule has 41 heavy (non-hydrogen) atoms. The topological polar surface area (TPSA) is 105 Å². The van der Waals surface area contributed by atoms with Crippen molar-refractivity contribution in [2.75, 3.05) is 10.6 Å². The number of rotatable bonds is 5. The van der Waals surface area contributed by atoms with E-state index in [1.165, 1.54) is 19.3 Å². The molecule has 4 fully saturated rings.